The van der Waals surface area contributed by atoms with E-state index in [0.29, 0.717) is 23.2 Å². The molecule has 188 valence electrons. The fourth-order valence-electron chi connectivity index (χ4n) is 4.22. The first-order valence-corrected chi connectivity index (χ1v) is 12.3. The molecule has 4 aromatic rings. The molecule has 0 fully saturated rings. The van der Waals surface area contributed by atoms with Gasteiger partial charge in [0.15, 0.2) is 16.6 Å². The lowest BCUT2D eigenvalue weighted by atomic mass is 10.1. The van der Waals surface area contributed by atoms with Gasteiger partial charge in [-0.25, -0.2) is 0 Å². The van der Waals surface area contributed by atoms with E-state index < -0.39 is 0 Å². The summed E-state index contributed by atoms with van der Waals surface area (Å²) in [6.45, 7) is 5.57. The van der Waals surface area contributed by atoms with E-state index in [1.54, 1.807) is 21.3 Å². The number of rotatable bonds is 9. The average Bonchev–Trinajstić information content (AvgIpc) is 3.30. The summed E-state index contributed by atoms with van der Waals surface area (Å²) in [5, 5.41) is 5.27. The summed E-state index contributed by atoms with van der Waals surface area (Å²) in [6.07, 6.45) is 2.88. The number of fused-ring (bicyclic) bond motifs is 1. The van der Waals surface area contributed by atoms with E-state index in [1.165, 1.54) is 16.7 Å². The molecule has 0 saturated carbocycles. The zero-order valence-electron chi connectivity index (χ0n) is 21.5. The van der Waals surface area contributed by atoms with Crippen LogP contribution in [0.2, 0.25) is 0 Å². The minimum atomic E-state index is 0.628. The number of ether oxygens (including phenoxy) is 3. The van der Waals surface area contributed by atoms with Crippen LogP contribution in [-0.4, -0.2) is 42.9 Å². The van der Waals surface area contributed by atoms with Gasteiger partial charge in [0.1, 0.15) is 5.75 Å². The molecule has 0 spiro atoms. The molecule has 36 heavy (non-hydrogen) atoms. The van der Waals surface area contributed by atoms with Crippen molar-refractivity contribution in [2.45, 2.75) is 26.8 Å². The van der Waals surface area contributed by atoms with Crippen LogP contribution in [0, 0.1) is 13.8 Å². The Hall–Kier alpha value is -3.71. The Balaban J connectivity index is 1.58. The molecule has 0 unspecified atom stereocenters. The third-order valence-corrected chi connectivity index (χ3v) is 6.85. The van der Waals surface area contributed by atoms with E-state index in [0.717, 1.165) is 40.9 Å². The third-order valence-electron chi connectivity index (χ3n) is 6.49. The fraction of sp³-hybridized carbons (Fsp3) is 0.276. The highest BCUT2D eigenvalue weighted by molar-refractivity contribution is 7.80. The highest BCUT2D eigenvalue weighted by atomic mass is 32.1. The Morgan fingerprint density at radius 1 is 0.889 bits per heavy atom. The van der Waals surface area contributed by atoms with E-state index in [1.807, 2.05) is 30.3 Å². The van der Waals surface area contributed by atoms with E-state index in [4.69, 9.17) is 26.4 Å². The number of nitrogens with zero attached hydrogens (tertiary/aromatic N) is 1. The second kappa shape index (κ2) is 11.4. The molecule has 0 aliphatic heterocycles. The molecule has 2 N–H and O–H groups in total. The summed E-state index contributed by atoms with van der Waals surface area (Å²) >= 11 is 5.90. The van der Waals surface area contributed by atoms with Crippen LogP contribution in [0.1, 0.15) is 22.3 Å². The number of benzene rings is 3. The predicted octanol–water partition coefficient (Wildman–Crippen LogP) is 6.25. The Morgan fingerprint density at radius 2 is 1.69 bits per heavy atom. The Labute approximate surface area is 218 Å². The van der Waals surface area contributed by atoms with Crippen LogP contribution < -0.4 is 19.5 Å². The first-order valence-electron chi connectivity index (χ1n) is 11.9. The van der Waals surface area contributed by atoms with Crippen LogP contribution in [-0.2, 0) is 13.0 Å². The maximum absolute atomic E-state index is 5.90. The molecule has 0 amide bonds. The number of hydrogen-bond donors (Lipinski definition) is 2. The van der Waals surface area contributed by atoms with Gasteiger partial charge < -0.3 is 29.4 Å². The van der Waals surface area contributed by atoms with Crippen molar-refractivity contribution in [3.8, 4) is 17.2 Å². The highest BCUT2D eigenvalue weighted by Crippen LogP contribution is 2.29. The molecule has 1 aromatic heterocycles. The second-order valence-corrected chi connectivity index (χ2v) is 9.20. The van der Waals surface area contributed by atoms with Gasteiger partial charge in [0.05, 0.1) is 21.3 Å². The maximum Gasteiger partial charge on any atom is 0.173 e. The molecular weight excluding hydrogens is 470 g/mol. The van der Waals surface area contributed by atoms with Crippen molar-refractivity contribution in [3.05, 3.63) is 83.0 Å². The zero-order valence-corrected chi connectivity index (χ0v) is 22.3. The Kier molecular flexibility index (Phi) is 8.00. The van der Waals surface area contributed by atoms with Gasteiger partial charge in [-0.1, -0.05) is 12.1 Å². The molecule has 4 rings (SSSR count). The third kappa shape index (κ3) is 5.74. The molecule has 0 aliphatic carbocycles. The fourth-order valence-corrected chi connectivity index (χ4v) is 4.49. The topological polar surface area (TPSA) is 58.8 Å². The van der Waals surface area contributed by atoms with Crippen molar-refractivity contribution in [1.82, 2.24) is 9.88 Å². The molecule has 0 radical (unpaired) electrons. The van der Waals surface area contributed by atoms with Gasteiger partial charge in [0, 0.05) is 35.9 Å². The van der Waals surface area contributed by atoms with E-state index in [-0.39, 0.29) is 0 Å². The minimum Gasteiger partial charge on any atom is -0.497 e. The van der Waals surface area contributed by atoms with Crippen molar-refractivity contribution < 1.29 is 14.2 Å². The number of anilines is 1. The summed E-state index contributed by atoms with van der Waals surface area (Å²) < 4.78 is 16.4. The molecule has 0 atom stereocenters. The van der Waals surface area contributed by atoms with Gasteiger partial charge >= 0.3 is 0 Å². The van der Waals surface area contributed by atoms with Crippen LogP contribution in [0.25, 0.3) is 10.9 Å². The zero-order chi connectivity index (χ0) is 25.7. The van der Waals surface area contributed by atoms with Crippen LogP contribution in [0.4, 0.5) is 5.69 Å². The SMILES string of the molecule is COc1ccc2[nH]cc(CCN(Cc3ccc(OC)c(OC)c3)C(=S)Nc3ccc(C)c(C)c3)c2c1. The number of aryl methyl sites for hydroxylation is 2. The first-order chi connectivity index (χ1) is 17.4. The van der Waals surface area contributed by atoms with Crippen molar-refractivity contribution >= 4 is 33.9 Å². The molecule has 6 nitrogen and oxygen atoms in total. The van der Waals surface area contributed by atoms with Crippen LogP contribution in [0.5, 0.6) is 17.2 Å². The second-order valence-electron chi connectivity index (χ2n) is 8.82. The average molecular weight is 504 g/mol. The quantitative estimate of drug-likeness (QED) is 0.263. The lowest BCUT2D eigenvalue weighted by molar-refractivity contribution is 0.353. The number of aromatic nitrogens is 1. The standard InChI is InChI=1S/C29H33N3O3S/c1-19-6-8-23(14-20(19)2)31-29(36)32(18-21-7-11-27(34-4)28(15-21)35-5)13-12-22-17-30-26-10-9-24(33-3)16-25(22)26/h6-11,14-17,30H,12-13,18H2,1-5H3,(H,31,36). The summed E-state index contributed by atoms with van der Waals surface area (Å²) in [6, 6.07) is 18.4. The summed E-state index contributed by atoms with van der Waals surface area (Å²) in [5.41, 5.74) is 6.85. The van der Waals surface area contributed by atoms with Crippen molar-refractivity contribution in [2.24, 2.45) is 0 Å². The monoisotopic (exact) mass is 503 g/mol. The smallest absolute Gasteiger partial charge is 0.173 e. The van der Waals surface area contributed by atoms with Gasteiger partial charge in [-0.05, 0) is 97.2 Å². The number of H-pyrrole nitrogens is 1. The summed E-state index contributed by atoms with van der Waals surface area (Å²) in [4.78, 5) is 5.55. The minimum absolute atomic E-state index is 0.628. The van der Waals surface area contributed by atoms with Gasteiger partial charge in [-0.15, -0.1) is 0 Å². The number of thiocarbonyl (C=S) groups is 1. The van der Waals surface area contributed by atoms with Gasteiger partial charge in [-0.3, -0.25) is 0 Å². The number of aromatic amines is 1. The normalized spacial score (nSPS) is 10.8. The molecule has 7 heteroatoms. The van der Waals surface area contributed by atoms with Crippen LogP contribution >= 0.6 is 12.2 Å². The molecule has 3 aromatic carbocycles. The summed E-state index contributed by atoms with van der Waals surface area (Å²) in [7, 11) is 4.98. The van der Waals surface area contributed by atoms with Crippen LogP contribution in [0.15, 0.2) is 60.8 Å². The van der Waals surface area contributed by atoms with Crippen molar-refractivity contribution in [3.63, 3.8) is 0 Å². The maximum atomic E-state index is 5.90. The van der Waals surface area contributed by atoms with Gasteiger partial charge in [0.2, 0.25) is 0 Å². The van der Waals surface area contributed by atoms with Gasteiger partial charge in [-0.2, -0.15) is 0 Å². The molecule has 0 saturated heterocycles. The predicted molar refractivity (Wildman–Crippen MR) is 151 cm³/mol. The largest absolute Gasteiger partial charge is 0.497 e. The molecule has 0 aliphatic rings. The lowest BCUT2D eigenvalue weighted by Gasteiger charge is -2.26. The molecule has 1 heterocycles. The Bertz CT molecular complexity index is 1370. The number of nitrogens with one attached hydrogen (secondary N) is 2. The molecule has 0 bridgehead atoms. The lowest BCUT2D eigenvalue weighted by Crippen LogP contribution is -2.35. The van der Waals surface area contributed by atoms with Gasteiger partial charge in [0.25, 0.3) is 0 Å². The van der Waals surface area contributed by atoms with E-state index in [2.05, 4.69) is 59.5 Å². The molecular formula is C29H33N3O3S. The number of hydrogen-bond acceptors (Lipinski definition) is 4. The van der Waals surface area contributed by atoms with Crippen molar-refractivity contribution in [2.75, 3.05) is 33.2 Å². The Morgan fingerprint density at radius 3 is 2.42 bits per heavy atom. The summed E-state index contributed by atoms with van der Waals surface area (Å²) in [5.74, 6) is 2.25. The van der Waals surface area contributed by atoms with E-state index >= 15 is 0 Å². The highest BCUT2D eigenvalue weighted by Gasteiger charge is 2.15. The van der Waals surface area contributed by atoms with Crippen LogP contribution in [0.3, 0.4) is 0 Å². The van der Waals surface area contributed by atoms with Crippen molar-refractivity contribution in [1.29, 1.82) is 0 Å². The van der Waals surface area contributed by atoms with E-state index in [9.17, 15) is 0 Å². The number of methoxy groups -OCH3 is 3. The first kappa shape index (κ1) is 25.4.